The molecule has 1 aromatic heterocycles. The van der Waals surface area contributed by atoms with E-state index in [2.05, 4.69) is 11.1 Å². The van der Waals surface area contributed by atoms with E-state index in [0.29, 0.717) is 22.8 Å². The van der Waals surface area contributed by atoms with Crippen LogP contribution in [0, 0.1) is 11.3 Å². The number of aromatic nitrogens is 1. The zero-order chi connectivity index (χ0) is 24.9. The van der Waals surface area contributed by atoms with Crippen LogP contribution in [0.3, 0.4) is 0 Å². The van der Waals surface area contributed by atoms with Crippen molar-refractivity contribution in [1.82, 2.24) is 4.98 Å². The standard InChI is InChI=1S/C29H23ClN2O3/c1-3-22(23-14-13-21(35-2)16-20(23)17-31)27(19-11-8-18(9-12-19)10-15-26(33)34)29-28(30)24-6-4-5-7-25(24)32-29/h4-16,32H,3H2,1-2H3,(H,33,34)/b15-10+,27-22+. The molecule has 1 heterocycles. The molecule has 0 radical (unpaired) electrons. The van der Waals surface area contributed by atoms with E-state index in [9.17, 15) is 10.1 Å². The molecule has 0 saturated carbocycles. The summed E-state index contributed by atoms with van der Waals surface area (Å²) in [6, 6.07) is 23.2. The number of halogens is 1. The number of allylic oxidation sites excluding steroid dienone is 1. The third-order valence-corrected chi connectivity index (χ3v) is 6.23. The van der Waals surface area contributed by atoms with Crippen LogP contribution in [0.25, 0.3) is 28.1 Å². The van der Waals surface area contributed by atoms with Gasteiger partial charge in [-0.25, -0.2) is 4.79 Å². The Balaban J connectivity index is 2.01. The number of hydrogen-bond acceptors (Lipinski definition) is 3. The lowest BCUT2D eigenvalue weighted by Crippen LogP contribution is -1.99. The first-order valence-electron chi connectivity index (χ1n) is 11.1. The minimum atomic E-state index is -1.00. The number of aromatic amines is 1. The first kappa shape index (κ1) is 23.9. The maximum Gasteiger partial charge on any atom is 0.328 e. The van der Waals surface area contributed by atoms with Crippen molar-refractivity contribution < 1.29 is 14.6 Å². The van der Waals surface area contributed by atoms with E-state index in [1.807, 2.05) is 67.6 Å². The fraction of sp³-hybridized carbons (Fsp3) is 0.103. The molecule has 6 heteroatoms. The SMILES string of the molecule is CC/C(=C(/c1ccc(/C=C/C(=O)O)cc1)c1[nH]c2ccccc2c1Cl)c1ccc(OC)cc1C#N. The van der Waals surface area contributed by atoms with Gasteiger partial charge in [0.1, 0.15) is 5.75 Å². The highest BCUT2D eigenvalue weighted by molar-refractivity contribution is 6.38. The Bertz CT molecular complexity index is 1510. The van der Waals surface area contributed by atoms with Gasteiger partial charge in [0.2, 0.25) is 0 Å². The lowest BCUT2D eigenvalue weighted by Gasteiger charge is -2.17. The zero-order valence-electron chi connectivity index (χ0n) is 19.3. The number of nitrogens with zero attached hydrogens (tertiary/aromatic N) is 1. The largest absolute Gasteiger partial charge is 0.497 e. The Labute approximate surface area is 208 Å². The summed E-state index contributed by atoms with van der Waals surface area (Å²) in [6.45, 7) is 2.04. The molecule has 0 amide bonds. The van der Waals surface area contributed by atoms with Crippen LogP contribution in [-0.4, -0.2) is 23.2 Å². The highest BCUT2D eigenvalue weighted by Gasteiger charge is 2.21. The number of nitriles is 1. The molecule has 174 valence electrons. The number of carbonyl (C=O) groups is 1. The monoisotopic (exact) mass is 482 g/mol. The van der Waals surface area contributed by atoms with Crippen molar-refractivity contribution in [2.75, 3.05) is 7.11 Å². The van der Waals surface area contributed by atoms with Gasteiger partial charge in [-0.05, 0) is 59.0 Å². The maximum absolute atomic E-state index is 10.9. The molecule has 0 aliphatic rings. The van der Waals surface area contributed by atoms with Crippen LogP contribution >= 0.6 is 11.6 Å². The summed E-state index contributed by atoms with van der Waals surface area (Å²) in [5, 5.41) is 20.3. The number of ether oxygens (including phenoxy) is 1. The predicted molar refractivity (Wildman–Crippen MR) is 140 cm³/mol. The Morgan fingerprint density at radius 1 is 1.14 bits per heavy atom. The number of benzene rings is 3. The molecule has 35 heavy (non-hydrogen) atoms. The van der Waals surface area contributed by atoms with Crippen LogP contribution in [0.5, 0.6) is 5.75 Å². The van der Waals surface area contributed by atoms with E-state index in [4.69, 9.17) is 21.4 Å². The number of nitrogens with one attached hydrogen (secondary N) is 1. The fourth-order valence-electron chi connectivity index (χ4n) is 4.19. The Morgan fingerprint density at radius 2 is 1.89 bits per heavy atom. The zero-order valence-corrected chi connectivity index (χ0v) is 20.1. The number of carboxylic acids is 1. The predicted octanol–water partition coefficient (Wildman–Crippen LogP) is 7.17. The van der Waals surface area contributed by atoms with Gasteiger partial charge in [-0.3, -0.25) is 0 Å². The van der Waals surface area contributed by atoms with E-state index in [-0.39, 0.29) is 0 Å². The Hall–Kier alpha value is -4.27. The molecule has 4 rings (SSSR count). The summed E-state index contributed by atoms with van der Waals surface area (Å²) < 4.78 is 5.32. The van der Waals surface area contributed by atoms with Crippen molar-refractivity contribution >= 4 is 45.7 Å². The Kier molecular flexibility index (Phi) is 7.05. The minimum absolute atomic E-state index is 0.506. The molecule has 0 fully saturated rings. The van der Waals surface area contributed by atoms with Gasteiger partial charge in [0.25, 0.3) is 0 Å². The smallest absolute Gasteiger partial charge is 0.328 e. The van der Waals surface area contributed by atoms with Gasteiger partial charge in [0.15, 0.2) is 0 Å². The highest BCUT2D eigenvalue weighted by Crippen LogP contribution is 2.41. The molecule has 3 aromatic carbocycles. The second kappa shape index (κ2) is 10.3. The van der Waals surface area contributed by atoms with E-state index in [1.54, 1.807) is 19.3 Å². The third kappa shape index (κ3) is 4.84. The first-order valence-corrected chi connectivity index (χ1v) is 11.4. The van der Waals surface area contributed by atoms with Crippen molar-refractivity contribution in [3.63, 3.8) is 0 Å². The third-order valence-electron chi connectivity index (χ3n) is 5.84. The lowest BCUT2D eigenvalue weighted by molar-refractivity contribution is -0.131. The number of carboxylic acid groups (broad SMARTS) is 1. The van der Waals surface area contributed by atoms with Crippen LogP contribution in [0.15, 0.2) is 72.8 Å². The van der Waals surface area contributed by atoms with E-state index >= 15 is 0 Å². The summed E-state index contributed by atoms with van der Waals surface area (Å²) in [4.78, 5) is 14.4. The molecular weight excluding hydrogens is 460 g/mol. The molecule has 0 saturated heterocycles. The average Bonchev–Trinajstić information content (AvgIpc) is 3.22. The van der Waals surface area contributed by atoms with Gasteiger partial charge in [0.05, 0.1) is 29.5 Å². The van der Waals surface area contributed by atoms with Crippen molar-refractivity contribution in [2.24, 2.45) is 0 Å². The average molecular weight is 483 g/mol. The number of fused-ring (bicyclic) bond motifs is 1. The molecular formula is C29H23ClN2O3. The fourth-order valence-corrected chi connectivity index (χ4v) is 4.49. The van der Waals surface area contributed by atoms with Gasteiger partial charge < -0.3 is 14.8 Å². The van der Waals surface area contributed by atoms with Crippen LogP contribution in [0.2, 0.25) is 5.02 Å². The first-order chi connectivity index (χ1) is 17.0. The van der Waals surface area contributed by atoms with E-state index in [1.165, 1.54) is 0 Å². The molecule has 2 N–H and O–H groups in total. The molecule has 4 aromatic rings. The van der Waals surface area contributed by atoms with E-state index < -0.39 is 5.97 Å². The number of aliphatic carboxylic acids is 1. The number of para-hydroxylation sites is 1. The van der Waals surface area contributed by atoms with Gasteiger partial charge in [0, 0.05) is 22.6 Å². The van der Waals surface area contributed by atoms with Crippen LogP contribution in [0.4, 0.5) is 0 Å². The molecule has 0 atom stereocenters. The number of rotatable bonds is 7. The summed E-state index contributed by atoms with van der Waals surface area (Å²) >= 11 is 6.90. The molecule has 5 nitrogen and oxygen atoms in total. The van der Waals surface area contributed by atoms with Gasteiger partial charge in [-0.2, -0.15) is 5.26 Å². The number of H-pyrrole nitrogens is 1. The normalized spacial score (nSPS) is 11.9. The summed E-state index contributed by atoms with van der Waals surface area (Å²) in [7, 11) is 1.57. The molecule has 0 aliphatic carbocycles. The van der Waals surface area contributed by atoms with Crippen molar-refractivity contribution in [3.05, 3.63) is 106 Å². The van der Waals surface area contributed by atoms with Crippen LogP contribution in [0.1, 0.15) is 41.3 Å². The number of hydrogen-bond donors (Lipinski definition) is 2. The van der Waals surface area contributed by atoms with Gasteiger partial charge in [-0.15, -0.1) is 0 Å². The molecule has 0 aliphatic heterocycles. The number of methoxy groups -OCH3 is 1. The van der Waals surface area contributed by atoms with Crippen LogP contribution in [-0.2, 0) is 4.79 Å². The quantitative estimate of drug-likeness (QED) is 0.216. The molecule has 0 bridgehead atoms. The van der Waals surface area contributed by atoms with Crippen molar-refractivity contribution in [3.8, 4) is 11.8 Å². The maximum atomic E-state index is 10.9. The van der Waals surface area contributed by atoms with Gasteiger partial charge in [-0.1, -0.05) is 61.0 Å². The molecule has 0 unspecified atom stereocenters. The second-order valence-electron chi connectivity index (χ2n) is 7.88. The van der Waals surface area contributed by atoms with Crippen molar-refractivity contribution in [1.29, 1.82) is 5.26 Å². The highest BCUT2D eigenvalue weighted by atomic mass is 35.5. The minimum Gasteiger partial charge on any atom is -0.497 e. The summed E-state index contributed by atoms with van der Waals surface area (Å²) in [6.07, 6.45) is 3.29. The summed E-state index contributed by atoms with van der Waals surface area (Å²) in [5.41, 5.74) is 6.47. The van der Waals surface area contributed by atoms with Crippen LogP contribution < -0.4 is 4.74 Å². The van der Waals surface area contributed by atoms with Crippen molar-refractivity contribution in [2.45, 2.75) is 13.3 Å². The van der Waals surface area contributed by atoms with E-state index in [0.717, 1.165) is 50.5 Å². The Morgan fingerprint density at radius 3 is 2.51 bits per heavy atom. The molecule has 0 spiro atoms. The topological polar surface area (TPSA) is 86.1 Å². The lowest BCUT2D eigenvalue weighted by atomic mass is 9.88. The second-order valence-corrected chi connectivity index (χ2v) is 8.26. The summed E-state index contributed by atoms with van der Waals surface area (Å²) in [5.74, 6) is -0.392. The van der Waals surface area contributed by atoms with Gasteiger partial charge >= 0.3 is 5.97 Å².